The molecule has 0 spiro atoms. The molecular formula is C25H42N2O3. The number of amides is 1. The van der Waals surface area contributed by atoms with E-state index in [1.54, 1.807) is 24.4 Å². The Balaban J connectivity index is 2.00. The highest BCUT2D eigenvalue weighted by Crippen LogP contribution is 2.26. The van der Waals surface area contributed by atoms with Crippen molar-refractivity contribution in [2.24, 2.45) is 5.10 Å². The minimum absolute atomic E-state index is 0.0573. The van der Waals surface area contributed by atoms with E-state index in [4.69, 9.17) is 4.74 Å². The van der Waals surface area contributed by atoms with Crippen LogP contribution < -0.4 is 10.2 Å². The number of phenols is 1. The number of carbonyl (C=O) groups excluding carboxylic acids is 1. The van der Waals surface area contributed by atoms with Gasteiger partial charge in [-0.1, -0.05) is 84.0 Å². The molecule has 0 aliphatic heterocycles. The van der Waals surface area contributed by atoms with Gasteiger partial charge in [-0.15, -0.1) is 0 Å². The number of hydrazone groups is 1. The van der Waals surface area contributed by atoms with Crippen molar-refractivity contribution in [3.63, 3.8) is 0 Å². The van der Waals surface area contributed by atoms with Gasteiger partial charge in [0.15, 0.2) is 11.5 Å². The molecule has 2 N–H and O–H groups in total. The Labute approximate surface area is 183 Å². The molecule has 1 aromatic rings. The predicted octanol–water partition coefficient (Wildman–Crippen LogP) is 6.72. The first-order valence-electron chi connectivity index (χ1n) is 11.9. The normalized spacial score (nSPS) is 11.1. The van der Waals surface area contributed by atoms with Gasteiger partial charge in [0.25, 0.3) is 0 Å². The number of hydrogen-bond acceptors (Lipinski definition) is 4. The summed E-state index contributed by atoms with van der Waals surface area (Å²) >= 11 is 0. The average molecular weight is 419 g/mol. The van der Waals surface area contributed by atoms with Crippen LogP contribution in [0.1, 0.15) is 109 Å². The molecule has 1 amide bonds. The van der Waals surface area contributed by atoms with Crippen molar-refractivity contribution < 1.29 is 14.6 Å². The maximum atomic E-state index is 11.9. The molecule has 0 fully saturated rings. The van der Waals surface area contributed by atoms with E-state index in [2.05, 4.69) is 17.5 Å². The molecule has 5 heteroatoms. The molecule has 0 radical (unpaired) electrons. The van der Waals surface area contributed by atoms with Gasteiger partial charge in [-0.05, 0) is 37.1 Å². The van der Waals surface area contributed by atoms with Gasteiger partial charge in [-0.2, -0.15) is 5.10 Å². The van der Waals surface area contributed by atoms with Gasteiger partial charge in [0.1, 0.15) is 0 Å². The number of phenolic OH excluding ortho intramolecular Hbond substituents is 1. The number of nitrogens with zero attached hydrogens (tertiary/aromatic N) is 1. The van der Waals surface area contributed by atoms with Crippen LogP contribution in [0.4, 0.5) is 0 Å². The van der Waals surface area contributed by atoms with Gasteiger partial charge in [0.2, 0.25) is 5.91 Å². The van der Waals surface area contributed by atoms with E-state index >= 15 is 0 Å². The number of nitrogens with one attached hydrogen (secondary N) is 1. The molecule has 0 saturated carbocycles. The molecule has 0 aromatic heterocycles. The number of unbranched alkanes of at least 4 members (excludes halogenated alkanes) is 12. The minimum Gasteiger partial charge on any atom is -0.504 e. The van der Waals surface area contributed by atoms with Crippen molar-refractivity contribution >= 4 is 12.1 Å². The molecule has 0 unspecified atom stereocenters. The standard InChI is InChI=1S/C25H42N2O3/c1-3-5-6-7-8-9-10-11-12-13-14-15-16-17-25(29)27-26-21-22-18-19-23(28)24(20-22)30-4-2/h18-21,28H,3-17H2,1-2H3,(H,27,29). The maximum Gasteiger partial charge on any atom is 0.240 e. The van der Waals surface area contributed by atoms with Crippen LogP contribution >= 0.6 is 0 Å². The molecule has 170 valence electrons. The SMILES string of the molecule is CCCCCCCCCCCCCCCC(=O)NN=Cc1ccc(O)c(OCC)c1. The van der Waals surface area contributed by atoms with Crippen LogP contribution in [0.2, 0.25) is 0 Å². The number of rotatable bonds is 18. The summed E-state index contributed by atoms with van der Waals surface area (Å²) in [6.45, 7) is 4.60. The smallest absolute Gasteiger partial charge is 0.240 e. The highest BCUT2D eigenvalue weighted by Gasteiger charge is 2.03. The monoisotopic (exact) mass is 418 g/mol. The third-order valence-corrected chi connectivity index (χ3v) is 5.19. The summed E-state index contributed by atoms with van der Waals surface area (Å²) in [6.07, 6.45) is 18.9. The Kier molecular flexibility index (Phi) is 15.4. The molecule has 0 bridgehead atoms. The van der Waals surface area contributed by atoms with Gasteiger partial charge in [-0.3, -0.25) is 4.79 Å². The number of hydrogen-bond donors (Lipinski definition) is 2. The van der Waals surface area contributed by atoms with E-state index < -0.39 is 0 Å². The summed E-state index contributed by atoms with van der Waals surface area (Å²) in [5.41, 5.74) is 3.33. The molecule has 1 rings (SSSR count). The molecule has 0 saturated heterocycles. The van der Waals surface area contributed by atoms with E-state index in [-0.39, 0.29) is 11.7 Å². The predicted molar refractivity (Wildman–Crippen MR) is 125 cm³/mol. The molecule has 0 aliphatic rings. The van der Waals surface area contributed by atoms with Crippen molar-refractivity contribution in [2.45, 2.75) is 104 Å². The Morgan fingerprint density at radius 3 is 2.07 bits per heavy atom. The zero-order chi connectivity index (χ0) is 21.9. The minimum atomic E-state index is -0.0573. The van der Waals surface area contributed by atoms with Gasteiger partial charge in [0.05, 0.1) is 12.8 Å². The lowest BCUT2D eigenvalue weighted by Gasteiger charge is -2.06. The molecule has 0 aliphatic carbocycles. The lowest BCUT2D eigenvalue weighted by Crippen LogP contribution is -2.16. The second kappa shape index (κ2) is 17.8. The molecule has 5 nitrogen and oxygen atoms in total. The fourth-order valence-electron chi connectivity index (χ4n) is 3.42. The van der Waals surface area contributed by atoms with Gasteiger partial charge >= 0.3 is 0 Å². The van der Waals surface area contributed by atoms with Gasteiger partial charge < -0.3 is 9.84 Å². The summed E-state index contributed by atoms with van der Waals surface area (Å²) in [7, 11) is 0. The van der Waals surface area contributed by atoms with Crippen molar-refractivity contribution in [3.05, 3.63) is 23.8 Å². The fraction of sp³-hybridized carbons (Fsp3) is 0.680. The second-order valence-corrected chi connectivity index (χ2v) is 7.95. The summed E-state index contributed by atoms with van der Waals surface area (Å²) in [4.78, 5) is 11.9. The molecule has 30 heavy (non-hydrogen) atoms. The van der Waals surface area contributed by atoms with Gasteiger partial charge in [-0.25, -0.2) is 5.43 Å². The molecule has 1 aromatic carbocycles. The van der Waals surface area contributed by atoms with Crippen LogP contribution in [0.25, 0.3) is 0 Å². The number of benzene rings is 1. The zero-order valence-electron chi connectivity index (χ0n) is 19.1. The second-order valence-electron chi connectivity index (χ2n) is 7.95. The van der Waals surface area contributed by atoms with E-state index in [1.165, 1.54) is 70.6 Å². The van der Waals surface area contributed by atoms with E-state index in [0.29, 0.717) is 18.8 Å². The van der Waals surface area contributed by atoms with E-state index in [1.807, 2.05) is 6.92 Å². The highest BCUT2D eigenvalue weighted by molar-refractivity contribution is 5.83. The first kappa shape index (κ1) is 26.0. The topological polar surface area (TPSA) is 70.9 Å². The van der Waals surface area contributed by atoms with Crippen molar-refractivity contribution in [1.29, 1.82) is 0 Å². The Morgan fingerprint density at radius 1 is 0.933 bits per heavy atom. The summed E-state index contributed by atoms with van der Waals surface area (Å²) in [5, 5.41) is 13.7. The highest BCUT2D eigenvalue weighted by atomic mass is 16.5. The number of ether oxygens (including phenoxy) is 1. The van der Waals surface area contributed by atoms with E-state index in [0.717, 1.165) is 18.4 Å². The van der Waals surface area contributed by atoms with Gasteiger partial charge in [0, 0.05) is 6.42 Å². The van der Waals surface area contributed by atoms with Crippen LogP contribution in [0.15, 0.2) is 23.3 Å². The molecule has 0 atom stereocenters. The first-order valence-corrected chi connectivity index (χ1v) is 11.9. The average Bonchev–Trinajstić information content (AvgIpc) is 2.74. The number of carbonyl (C=O) groups is 1. The Bertz CT molecular complexity index is 602. The summed E-state index contributed by atoms with van der Waals surface area (Å²) < 4.78 is 5.34. The number of aromatic hydroxyl groups is 1. The van der Waals surface area contributed by atoms with Crippen LogP contribution in [0.5, 0.6) is 11.5 Å². The van der Waals surface area contributed by atoms with Crippen LogP contribution in [-0.2, 0) is 4.79 Å². The Hall–Kier alpha value is -2.04. The van der Waals surface area contributed by atoms with Crippen LogP contribution in [0, 0.1) is 0 Å². The quantitative estimate of drug-likeness (QED) is 0.158. The lowest BCUT2D eigenvalue weighted by molar-refractivity contribution is -0.121. The Morgan fingerprint density at radius 2 is 1.50 bits per heavy atom. The maximum absolute atomic E-state index is 11.9. The molecule has 0 heterocycles. The van der Waals surface area contributed by atoms with Crippen LogP contribution in [-0.4, -0.2) is 23.8 Å². The fourth-order valence-corrected chi connectivity index (χ4v) is 3.42. The third kappa shape index (κ3) is 13.2. The van der Waals surface area contributed by atoms with Crippen molar-refractivity contribution in [3.8, 4) is 11.5 Å². The van der Waals surface area contributed by atoms with Crippen molar-refractivity contribution in [1.82, 2.24) is 5.43 Å². The third-order valence-electron chi connectivity index (χ3n) is 5.19. The van der Waals surface area contributed by atoms with Crippen LogP contribution in [0.3, 0.4) is 0 Å². The summed E-state index contributed by atoms with van der Waals surface area (Å²) in [6, 6.07) is 4.97. The molecular weight excluding hydrogens is 376 g/mol. The summed E-state index contributed by atoms with van der Waals surface area (Å²) in [5.74, 6) is 0.457. The zero-order valence-corrected chi connectivity index (χ0v) is 19.1. The lowest BCUT2D eigenvalue weighted by atomic mass is 10.0. The van der Waals surface area contributed by atoms with E-state index in [9.17, 15) is 9.90 Å². The first-order chi connectivity index (χ1) is 14.7. The van der Waals surface area contributed by atoms with Crippen molar-refractivity contribution in [2.75, 3.05) is 6.61 Å². The largest absolute Gasteiger partial charge is 0.504 e.